The number of para-hydroxylation sites is 1. The Morgan fingerprint density at radius 1 is 0.836 bits per heavy atom. The molecular formula is C41H33N5O7S2. The van der Waals surface area contributed by atoms with Crippen LogP contribution in [0.3, 0.4) is 0 Å². The maximum atomic E-state index is 13.8. The number of anilines is 2. The lowest BCUT2D eigenvalue weighted by atomic mass is 10.1. The van der Waals surface area contributed by atoms with Crippen molar-refractivity contribution in [3.8, 4) is 22.8 Å². The summed E-state index contributed by atoms with van der Waals surface area (Å²) in [7, 11) is 2.99. The fourth-order valence-corrected chi connectivity index (χ4v) is 7.14. The molecule has 6 rings (SSSR count). The van der Waals surface area contributed by atoms with Crippen molar-refractivity contribution in [2.45, 2.75) is 10.1 Å². The van der Waals surface area contributed by atoms with Crippen LogP contribution in [0.2, 0.25) is 0 Å². The summed E-state index contributed by atoms with van der Waals surface area (Å²) in [6, 6.07) is 36.1. The van der Waals surface area contributed by atoms with Crippen molar-refractivity contribution < 1.29 is 28.8 Å². The molecule has 0 saturated heterocycles. The number of amides is 3. The van der Waals surface area contributed by atoms with Crippen molar-refractivity contribution in [1.82, 2.24) is 10.3 Å². The minimum absolute atomic E-state index is 0.0319. The van der Waals surface area contributed by atoms with Gasteiger partial charge in [-0.05, 0) is 54.1 Å². The number of nitro groups is 1. The van der Waals surface area contributed by atoms with E-state index in [2.05, 4.69) is 20.9 Å². The van der Waals surface area contributed by atoms with Gasteiger partial charge in [-0.1, -0.05) is 72.8 Å². The summed E-state index contributed by atoms with van der Waals surface area (Å²) in [5, 5.41) is 21.1. The second-order valence-corrected chi connectivity index (χ2v) is 13.7. The molecule has 0 saturated carbocycles. The summed E-state index contributed by atoms with van der Waals surface area (Å²) in [5.74, 6) is -0.522. The topological polar surface area (TPSA) is 162 Å². The molecule has 0 aliphatic rings. The van der Waals surface area contributed by atoms with Crippen molar-refractivity contribution in [1.29, 1.82) is 0 Å². The Hall–Kier alpha value is -6.77. The average Bonchev–Trinajstić information content (AvgIpc) is 3.69. The monoisotopic (exact) mass is 771 g/mol. The Labute approximate surface area is 324 Å². The molecule has 0 bridgehead atoms. The van der Waals surface area contributed by atoms with Crippen LogP contribution < -0.4 is 25.4 Å². The van der Waals surface area contributed by atoms with Gasteiger partial charge in [-0.3, -0.25) is 24.5 Å². The molecule has 276 valence electrons. The molecule has 55 heavy (non-hydrogen) atoms. The Morgan fingerprint density at radius 2 is 1.55 bits per heavy atom. The lowest BCUT2D eigenvalue weighted by molar-refractivity contribution is -0.384. The summed E-state index contributed by atoms with van der Waals surface area (Å²) in [5.41, 5.74) is 3.07. The van der Waals surface area contributed by atoms with Crippen molar-refractivity contribution in [2.75, 3.05) is 24.9 Å². The van der Waals surface area contributed by atoms with E-state index < -0.39 is 22.0 Å². The Kier molecular flexibility index (Phi) is 12.3. The molecule has 0 spiro atoms. The number of non-ortho nitro benzene ring substituents is 1. The van der Waals surface area contributed by atoms with Crippen LogP contribution >= 0.6 is 23.1 Å². The number of rotatable bonds is 14. The summed E-state index contributed by atoms with van der Waals surface area (Å²) in [4.78, 5) is 56.7. The first kappa shape index (κ1) is 38.0. The lowest BCUT2D eigenvalue weighted by Crippen LogP contribution is -2.30. The first-order valence-electron chi connectivity index (χ1n) is 16.7. The van der Waals surface area contributed by atoms with Crippen molar-refractivity contribution in [3.05, 3.63) is 165 Å². The van der Waals surface area contributed by atoms with Crippen LogP contribution in [-0.2, 0) is 9.59 Å². The number of nitrogens with zero attached hydrogens (tertiary/aromatic N) is 2. The molecule has 3 amide bonds. The summed E-state index contributed by atoms with van der Waals surface area (Å²) >= 11 is 2.53. The number of hydrogen-bond acceptors (Lipinski definition) is 10. The van der Waals surface area contributed by atoms with Gasteiger partial charge in [0.25, 0.3) is 17.5 Å². The van der Waals surface area contributed by atoms with Crippen molar-refractivity contribution >= 4 is 63.4 Å². The fraction of sp³-hybridized carbons (Fsp3) is 0.0732. The predicted octanol–water partition coefficient (Wildman–Crippen LogP) is 8.62. The molecule has 6 aromatic rings. The van der Waals surface area contributed by atoms with Gasteiger partial charge in [-0.15, -0.1) is 23.1 Å². The minimum atomic E-state index is -0.674. The molecule has 1 atom stereocenters. The lowest BCUT2D eigenvalue weighted by Gasteiger charge is -2.17. The van der Waals surface area contributed by atoms with Crippen LogP contribution in [0.25, 0.3) is 17.3 Å². The number of nitrogens with one attached hydrogen (secondary N) is 3. The highest BCUT2D eigenvalue weighted by atomic mass is 32.2. The van der Waals surface area contributed by atoms with Crippen molar-refractivity contribution in [2.24, 2.45) is 0 Å². The average molecular weight is 772 g/mol. The number of nitro benzene ring substituents is 1. The smallest absolute Gasteiger partial charge is 0.272 e. The van der Waals surface area contributed by atoms with Crippen LogP contribution in [0, 0.1) is 10.1 Å². The van der Waals surface area contributed by atoms with E-state index in [1.54, 1.807) is 90.3 Å². The van der Waals surface area contributed by atoms with Gasteiger partial charge in [-0.25, -0.2) is 4.98 Å². The first-order chi connectivity index (χ1) is 26.7. The minimum Gasteiger partial charge on any atom is -0.493 e. The molecule has 14 heteroatoms. The standard InChI is InChI=1S/C41H33N5O7S2/c1-52-35-18-10-16-29(36(35)53-2)24-33(43-38(47)27-13-7-4-8-14-27)39(48)42-30-19-21-32(22-20-30)55-37(26-11-5-3-6-12-26)40(49)45-41-44-34(25-54-41)28-15-9-17-31(23-28)46(50)51/h3-25,37H,1-2H3,(H,42,48)(H,43,47)(H,44,45,49)/b33-24-. The zero-order valence-electron chi connectivity index (χ0n) is 29.4. The number of methoxy groups -OCH3 is 2. The second-order valence-electron chi connectivity index (χ2n) is 11.7. The van der Waals surface area contributed by atoms with E-state index >= 15 is 0 Å². The van der Waals surface area contributed by atoms with Gasteiger partial charge in [0.15, 0.2) is 16.6 Å². The molecule has 5 aromatic carbocycles. The third-order valence-electron chi connectivity index (χ3n) is 8.06. The van der Waals surface area contributed by atoms with Gasteiger partial charge in [0.05, 0.1) is 24.8 Å². The third-order valence-corrected chi connectivity index (χ3v) is 10.1. The van der Waals surface area contributed by atoms with Gasteiger partial charge in [-0.2, -0.15) is 0 Å². The highest BCUT2D eigenvalue weighted by molar-refractivity contribution is 8.00. The largest absolute Gasteiger partial charge is 0.493 e. The molecule has 12 nitrogen and oxygen atoms in total. The van der Waals surface area contributed by atoms with Gasteiger partial charge in [0.2, 0.25) is 5.91 Å². The molecule has 0 radical (unpaired) electrons. The van der Waals surface area contributed by atoms with E-state index in [0.29, 0.717) is 44.7 Å². The summed E-state index contributed by atoms with van der Waals surface area (Å²) in [6.45, 7) is 0. The fourth-order valence-electron chi connectivity index (χ4n) is 5.39. The van der Waals surface area contributed by atoms with E-state index in [4.69, 9.17) is 9.47 Å². The number of carbonyl (C=O) groups is 3. The van der Waals surface area contributed by atoms with Crippen LogP contribution in [0.1, 0.15) is 26.7 Å². The third kappa shape index (κ3) is 9.62. The van der Waals surface area contributed by atoms with Crippen LogP contribution in [0.5, 0.6) is 11.5 Å². The van der Waals surface area contributed by atoms with E-state index in [-0.39, 0.29) is 17.3 Å². The Morgan fingerprint density at radius 3 is 2.24 bits per heavy atom. The molecule has 1 unspecified atom stereocenters. The number of ether oxygens (including phenoxy) is 2. The molecule has 3 N–H and O–H groups in total. The van der Waals surface area contributed by atoms with E-state index in [9.17, 15) is 24.5 Å². The number of benzene rings is 5. The number of thiazole rings is 1. The molecule has 1 heterocycles. The highest BCUT2D eigenvalue weighted by Gasteiger charge is 2.24. The van der Waals surface area contributed by atoms with E-state index in [1.807, 2.05) is 30.3 Å². The van der Waals surface area contributed by atoms with Gasteiger partial charge >= 0.3 is 0 Å². The van der Waals surface area contributed by atoms with Crippen LogP contribution in [0.4, 0.5) is 16.5 Å². The zero-order chi connectivity index (χ0) is 38.7. The van der Waals surface area contributed by atoms with Crippen LogP contribution in [0.15, 0.2) is 143 Å². The molecule has 1 aromatic heterocycles. The van der Waals surface area contributed by atoms with Gasteiger partial charge in [0.1, 0.15) is 10.9 Å². The maximum Gasteiger partial charge on any atom is 0.272 e. The quantitative estimate of drug-likeness (QED) is 0.0426. The molecule has 0 aliphatic carbocycles. The molecular weight excluding hydrogens is 739 g/mol. The Balaban J connectivity index is 1.19. The van der Waals surface area contributed by atoms with E-state index in [1.165, 1.54) is 55.5 Å². The van der Waals surface area contributed by atoms with Crippen molar-refractivity contribution in [3.63, 3.8) is 0 Å². The number of aromatic nitrogens is 1. The zero-order valence-corrected chi connectivity index (χ0v) is 31.1. The number of hydrogen-bond donors (Lipinski definition) is 3. The number of thioether (sulfide) groups is 1. The Bertz CT molecular complexity index is 2350. The first-order valence-corrected chi connectivity index (χ1v) is 18.4. The van der Waals surface area contributed by atoms with Gasteiger partial charge < -0.3 is 25.4 Å². The predicted molar refractivity (Wildman–Crippen MR) is 214 cm³/mol. The number of carbonyl (C=O) groups excluding carboxylic acids is 3. The maximum absolute atomic E-state index is 13.8. The SMILES string of the molecule is COc1cccc(/C=C(\NC(=O)c2ccccc2)C(=O)Nc2ccc(SC(C(=O)Nc3nc(-c4cccc([N+](=O)[O-])c4)cs3)c3ccccc3)cc2)c1OC. The molecule has 0 fully saturated rings. The summed E-state index contributed by atoms with van der Waals surface area (Å²) in [6.07, 6.45) is 1.51. The van der Waals surface area contributed by atoms with Gasteiger partial charge in [0, 0.05) is 44.8 Å². The molecule has 0 aliphatic heterocycles. The second kappa shape index (κ2) is 17.8. The highest BCUT2D eigenvalue weighted by Crippen LogP contribution is 2.38. The normalized spacial score (nSPS) is 11.6. The summed E-state index contributed by atoms with van der Waals surface area (Å²) < 4.78 is 11.0. The van der Waals surface area contributed by atoms with Crippen LogP contribution in [-0.4, -0.2) is 41.8 Å². The van der Waals surface area contributed by atoms with E-state index in [0.717, 1.165) is 10.5 Å².